The zero-order valence-corrected chi connectivity index (χ0v) is 12.4. The zero-order chi connectivity index (χ0) is 14.3. The predicted octanol–water partition coefficient (Wildman–Crippen LogP) is 2.85. The van der Waals surface area contributed by atoms with Crippen molar-refractivity contribution in [2.75, 3.05) is 19.6 Å². The van der Waals surface area contributed by atoms with Crippen LogP contribution in [-0.2, 0) is 6.54 Å². The van der Waals surface area contributed by atoms with Crippen molar-refractivity contribution in [3.05, 3.63) is 54.6 Å². The molecule has 0 aliphatic carbocycles. The topological polar surface area (TPSA) is 34.0 Å². The minimum Gasteiger partial charge on any atom is -0.299 e. The van der Waals surface area contributed by atoms with Crippen molar-refractivity contribution in [3.63, 3.8) is 0 Å². The summed E-state index contributed by atoms with van der Waals surface area (Å²) >= 11 is 0. The van der Waals surface area contributed by atoms with Crippen LogP contribution in [0.5, 0.6) is 0 Å². The molecule has 0 N–H and O–H groups in total. The SMILES string of the molecule is C1=C(c2ccccc2)CCN(CCCCn2cncn2)C1. The van der Waals surface area contributed by atoms with E-state index in [2.05, 4.69) is 51.4 Å². The molecule has 0 radical (unpaired) electrons. The molecule has 1 aliphatic heterocycles. The van der Waals surface area contributed by atoms with Gasteiger partial charge < -0.3 is 0 Å². The molecule has 0 fully saturated rings. The molecule has 0 saturated carbocycles. The van der Waals surface area contributed by atoms with E-state index >= 15 is 0 Å². The number of aryl methyl sites for hydroxylation is 1. The third-order valence-electron chi connectivity index (χ3n) is 4.02. The number of rotatable bonds is 6. The highest BCUT2D eigenvalue weighted by Gasteiger charge is 2.12. The van der Waals surface area contributed by atoms with Gasteiger partial charge in [-0.3, -0.25) is 9.58 Å². The number of nitrogens with zero attached hydrogens (tertiary/aromatic N) is 4. The summed E-state index contributed by atoms with van der Waals surface area (Å²) in [5.74, 6) is 0. The average Bonchev–Trinajstić information content (AvgIpc) is 3.06. The Bertz CT molecular complexity index is 560. The van der Waals surface area contributed by atoms with Gasteiger partial charge in [0.15, 0.2) is 0 Å². The van der Waals surface area contributed by atoms with Crippen LogP contribution in [0.25, 0.3) is 5.57 Å². The molecule has 2 aromatic rings. The van der Waals surface area contributed by atoms with Gasteiger partial charge in [-0.2, -0.15) is 5.10 Å². The van der Waals surface area contributed by atoms with Crippen molar-refractivity contribution in [2.24, 2.45) is 0 Å². The van der Waals surface area contributed by atoms with Crippen LogP contribution in [0.1, 0.15) is 24.8 Å². The van der Waals surface area contributed by atoms with E-state index in [0.717, 1.165) is 25.9 Å². The van der Waals surface area contributed by atoms with E-state index in [1.54, 1.807) is 12.7 Å². The second-order valence-corrected chi connectivity index (χ2v) is 5.51. The molecule has 0 amide bonds. The molecular weight excluding hydrogens is 260 g/mol. The quantitative estimate of drug-likeness (QED) is 0.764. The highest BCUT2D eigenvalue weighted by molar-refractivity contribution is 5.66. The first-order valence-electron chi connectivity index (χ1n) is 7.71. The Labute approximate surface area is 126 Å². The molecule has 0 bridgehead atoms. The molecule has 2 heterocycles. The van der Waals surface area contributed by atoms with Crippen molar-refractivity contribution < 1.29 is 0 Å². The largest absolute Gasteiger partial charge is 0.299 e. The Hall–Kier alpha value is -1.94. The van der Waals surface area contributed by atoms with Gasteiger partial charge in [-0.25, -0.2) is 4.98 Å². The van der Waals surface area contributed by atoms with Gasteiger partial charge in [-0.05, 0) is 36.9 Å². The number of unbranched alkanes of at least 4 members (excludes halogenated alkanes) is 1. The average molecular weight is 282 g/mol. The van der Waals surface area contributed by atoms with E-state index in [0.29, 0.717) is 0 Å². The normalized spacial score (nSPS) is 15.9. The minimum atomic E-state index is 0.971. The first kappa shape index (κ1) is 14.0. The summed E-state index contributed by atoms with van der Waals surface area (Å²) in [4.78, 5) is 6.50. The summed E-state index contributed by atoms with van der Waals surface area (Å²) in [5, 5.41) is 4.13. The van der Waals surface area contributed by atoms with Crippen LogP contribution >= 0.6 is 0 Å². The molecule has 4 nitrogen and oxygen atoms in total. The van der Waals surface area contributed by atoms with Crippen LogP contribution in [0.4, 0.5) is 0 Å². The fourth-order valence-corrected chi connectivity index (χ4v) is 2.79. The summed E-state index contributed by atoms with van der Waals surface area (Å²) < 4.78 is 1.91. The summed E-state index contributed by atoms with van der Waals surface area (Å²) in [6, 6.07) is 10.7. The Morgan fingerprint density at radius 2 is 1.90 bits per heavy atom. The molecule has 1 aromatic carbocycles. The molecule has 1 aliphatic rings. The van der Waals surface area contributed by atoms with Gasteiger partial charge in [0.1, 0.15) is 12.7 Å². The maximum Gasteiger partial charge on any atom is 0.137 e. The molecule has 1 aromatic heterocycles. The van der Waals surface area contributed by atoms with Crippen molar-refractivity contribution in [3.8, 4) is 0 Å². The minimum absolute atomic E-state index is 0.971. The van der Waals surface area contributed by atoms with Gasteiger partial charge >= 0.3 is 0 Å². The molecule has 0 unspecified atom stereocenters. The lowest BCUT2D eigenvalue weighted by Gasteiger charge is -2.26. The molecule has 0 saturated heterocycles. The number of hydrogen-bond acceptors (Lipinski definition) is 3. The molecule has 4 heteroatoms. The lowest BCUT2D eigenvalue weighted by atomic mass is 9.99. The fourth-order valence-electron chi connectivity index (χ4n) is 2.79. The van der Waals surface area contributed by atoms with Crippen LogP contribution in [0.15, 0.2) is 49.1 Å². The lowest BCUT2D eigenvalue weighted by molar-refractivity contribution is 0.291. The van der Waals surface area contributed by atoms with E-state index in [9.17, 15) is 0 Å². The van der Waals surface area contributed by atoms with Gasteiger partial charge in [-0.1, -0.05) is 36.4 Å². The smallest absolute Gasteiger partial charge is 0.137 e. The molecule has 3 rings (SSSR count). The zero-order valence-electron chi connectivity index (χ0n) is 12.4. The van der Waals surface area contributed by atoms with Gasteiger partial charge in [-0.15, -0.1) is 0 Å². The van der Waals surface area contributed by atoms with Crippen molar-refractivity contribution in [2.45, 2.75) is 25.8 Å². The van der Waals surface area contributed by atoms with E-state index < -0.39 is 0 Å². The first-order chi connectivity index (χ1) is 10.4. The van der Waals surface area contributed by atoms with E-state index in [-0.39, 0.29) is 0 Å². The molecule has 110 valence electrons. The standard InChI is InChI=1S/C17H22N4/c1-2-6-16(7-3-1)17-8-12-20(13-9-17)10-4-5-11-21-15-18-14-19-21/h1-3,6-8,14-15H,4-5,9-13H2. The monoisotopic (exact) mass is 282 g/mol. The number of hydrogen-bond donors (Lipinski definition) is 0. The van der Waals surface area contributed by atoms with Crippen LogP contribution in [-0.4, -0.2) is 39.3 Å². The molecule has 0 atom stereocenters. The summed E-state index contributed by atoms with van der Waals surface area (Å²) in [6.07, 6.45) is 9.31. The molecular formula is C17H22N4. The second-order valence-electron chi connectivity index (χ2n) is 5.51. The van der Waals surface area contributed by atoms with E-state index in [1.165, 1.54) is 30.6 Å². The maximum atomic E-state index is 4.13. The Balaban J connectivity index is 1.40. The van der Waals surface area contributed by atoms with Crippen molar-refractivity contribution >= 4 is 5.57 Å². The van der Waals surface area contributed by atoms with E-state index in [1.807, 2.05) is 4.68 Å². The third kappa shape index (κ3) is 4.02. The Morgan fingerprint density at radius 3 is 2.62 bits per heavy atom. The molecule has 0 spiro atoms. The fraction of sp³-hybridized carbons (Fsp3) is 0.412. The maximum absolute atomic E-state index is 4.13. The first-order valence-corrected chi connectivity index (χ1v) is 7.71. The van der Waals surface area contributed by atoms with Crippen molar-refractivity contribution in [1.29, 1.82) is 0 Å². The van der Waals surface area contributed by atoms with Crippen molar-refractivity contribution in [1.82, 2.24) is 19.7 Å². The summed E-state index contributed by atoms with van der Waals surface area (Å²) in [6.45, 7) is 4.39. The second kappa shape index (κ2) is 7.18. The van der Waals surface area contributed by atoms with Gasteiger partial charge in [0.25, 0.3) is 0 Å². The van der Waals surface area contributed by atoms with Crippen LogP contribution in [0.2, 0.25) is 0 Å². The Kier molecular flexibility index (Phi) is 4.79. The van der Waals surface area contributed by atoms with Crippen LogP contribution < -0.4 is 0 Å². The lowest BCUT2D eigenvalue weighted by Crippen LogP contribution is -2.29. The Morgan fingerprint density at radius 1 is 1.05 bits per heavy atom. The number of benzene rings is 1. The summed E-state index contributed by atoms with van der Waals surface area (Å²) in [7, 11) is 0. The van der Waals surface area contributed by atoms with Crippen LogP contribution in [0, 0.1) is 0 Å². The summed E-state index contributed by atoms with van der Waals surface area (Å²) in [5.41, 5.74) is 2.87. The van der Waals surface area contributed by atoms with Gasteiger partial charge in [0.2, 0.25) is 0 Å². The van der Waals surface area contributed by atoms with Crippen LogP contribution in [0.3, 0.4) is 0 Å². The predicted molar refractivity (Wildman–Crippen MR) is 84.7 cm³/mol. The number of aromatic nitrogens is 3. The van der Waals surface area contributed by atoms with Gasteiger partial charge in [0, 0.05) is 19.6 Å². The highest BCUT2D eigenvalue weighted by atomic mass is 15.3. The van der Waals surface area contributed by atoms with Gasteiger partial charge in [0.05, 0.1) is 0 Å². The highest BCUT2D eigenvalue weighted by Crippen LogP contribution is 2.21. The third-order valence-corrected chi connectivity index (χ3v) is 4.02. The molecule has 21 heavy (non-hydrogen) atoms. The van der Waals surface area contributed by atoms with E-state index in [4.69, 9.17) is 0 Å².